The molecule has 1 saturated heterocycles. The van der Waals surface area contributed by atoms with Gasteiger partial charge in [0.2, 0.25) is 5.91 Å². The fourth-order valence-electron chi connectivity index (χ4n) is 3.47. The van der Waals surface area contributed by atoms with Gasteiger partial charge < -0.3 is 25.4 Å². The highest BCUT2D eigenvalue weighted by molar-refractivity contribution is 5.89. The fraction of sp³-hybridized carbons (Fsp3) is 0.800. The third-order valence-corrected chi connectivity index (χ3v) is 5.25. The molecule has 2 unspecified atom stereocenters. The Morgan fingerprint density at radius 2 is 1.73 bits per heavy atom. The lowest BCUT2D eigenvalue weighted by atomic mass is 10.1. The molecular formula is C20H34N4O6. The van der Waals surface area contributed by atoms with Crippen LogP contribution in [-0.2, 0) is 9.53 Å². The van der Waals surface area contributed by atoms with E-state index in [9.17, 15) is 19.8 Å². The van der Waals surface area contributed by atoms with E-state index in [-0.39, 0.29) is 11.7 Å². The molecule has 1 aliphatic rings. The van der Waals surface area contributed by atoms with E-state index in [0.717, 1.165) is 23.9 Å². The molecular weight excluding hydrogens is 392 g/mol. The molecule has 2 heterocycles. The molecule has 1 aromatic rings. The number of aromatic nitrogens is 3. The number of amides is 1. The lowest BCUT2D eigenvalue weighted by Crippen LogP contribution is -2.37. The van der Waals surface area contributed by atoms with E-state index in [4.69, 9.17) is 9.84 Å². The highest BCUT2D eigenvalue weighted by Gasteiger charge is 2.44. The van der Waals surface area contributed by atoms with Crippen molar-refractivity contribution >= 4 is 11.7 Å². The average molecular weight is 427 g/mol. The van der Waals surface area contributed by atoms with Crippen LogP contribution in [0.25, 0.3) is 0 Å². The van der Waals surface area contributed by atoms with Gasteiger partial charge >= 0.3 is 5.69 Å². The van der Waals surface area contributed by atoms with Crippen LogP contribution in [0.5, 0.6) is 0 Å². The van der Waals surface area contributed by atoms with Crippen molar-refractivity contribution in [1.29, 1.82) is 0 Å². The lowest BCUT2D eigenvalue weighted by molar-refractivity contribution is -0.116. The van der Waals surface area contributed by atoms with Gasteiger partial charge in [0.1, 0.15) is 18.3 Å². The molecule has 4 atom stereocenters. The van der Waals surface area contributed by atoms with Gasteiger partial charge in [0.25, 0.3) is 0 Å². The SMILES string of the molecule is CCCCCCCCCCCC(=O)Nc1cnn([C@@H]2O[C@H](CO)C(O)C2O)c(=O)n1. The molecule has 0 spiro atoms. The number of ether oxygens (including phenoxy) is 1. The third-order valence-electron chi connectivity index (χ3n) is 5.25. The van der Waals surface area contributed by atoms with Gasteiger partial charge in [0.15, 0.2) is 12.0 Å². The minimum Gasteiger partial charge on any atom is -0.394 e. The van der Waals surface area contributed by atoms with Gasteiger partial charge in [-0.1, -0.05) is 58.3 Å². The summed E-state index contributed by atoms with van der Waals surface area (Å²) in [6, 6.07) is 0. The first kappa shape index (κ1) is 24.4. The molecule has 0 bridgehead atoms. The first-order valence-corrected chi connectivity index (χ1v) is 10.9. The van der Waals surface area contributed by atoms with Crippen LogP contribution >= 0.6 is 0 Å². The Kier molecular flexibility index (Phi) is 10.4. The molecule has 170 valence electrons. The number of nitrogens with zero attached hydrogens (tertiary/aromatic N) is 3. The van der Waals surface area contributed by atoms with Crippen LogP contribution in [0.1, 0.15) is 77.4 Å². The molecule has 1 amide bonds. The highest BCUT2D eigenvalue weighted by Crippen LogP contribution is 2.27. The molecule has 0 radical (unpaired) electrons. The van der Waals surface area contributed by atoms with Crippen LogP contribution in [0.2, 0.25) is 0 Å². The summed E-state index contributed by atoms with van der Waals surface area (Å²) in [5, 5.41) is 35.3. The van der Waals surface area contributed by atoms with Crippen molar-refractivity contribution in [2.24, 2.45) is 0 Å². The summed E-state index contributed by atoms with van der Waals surface area (Å²) in [5.74, 6) is -0.221. The van der Waals surface area contributed by atoms with Crippen molar-refractivity contribution in [2.75, 3.05) is 11.9 Å². The first-order valence-electron chi connectivity index (χ1n) is 10.9. The number of hydrogen-bond donors (Lipinski definition) is 4. The molecule has 1 aromatic heterocycles. The summed E-state index contributed by atoms with van der Waals surface area (Å²) < 4.78 is 6.04. The minimum atomic E-state index is -1.43. The predicted octanol–water partition coefficient (Wildman–Crippen LogP) is 1.11. The van der Waals surface area contributed by atoms with Crippen molar-refractivity contribution in [2.45, 2.75) is 95.7 Å². The normalized spacial score (nSPS) is 23.6. The molecule has 10 nitrogen and oxygen atoms in total. The Hall–Kier alpha value is -1.88. The number of hydrogen-bond acceptors (Lipinski definition) is 8. The maximum Gasteiger partial charge on any atom is 0.368 e. The third kappa shape index (κ3) is 7.12. The van der Waals surface area contributed by atoms with Crippen molar-refractivity contribution in [3.63, 3.8) is 0 Å². The quantitative estimate of drug-likeness (QED) is 0.343. The zero-order chi connectivity index (χ0) is 21.9. The van der Waals surface area contributed by atoms with Gasteiger partial charge in [-0.25, -0.2) is 4.79 Å². The minimum absolute atomic E-state index is 0.0175. The summed E-state index contributed by atoms with van der Waals surface area (Å²) in [6.07, 6.45) is 6.90. The van der Waals surface area contributed by atoms with E-state index in [0.29, 0.717) is 6.42 Å². The van der Waals surface area contributed by atoms with Gasteiger partial charge in [-0.3, -0.25) is 4.79 Å². The van der Waals surface area contributed by atoms with Crippen molar-refractivity contribution in [3.05, 3.63) is 16.7 Å². The Labute approximate surface area is 176 Å². The molecule has 0 aliphatic carbocycles. The second kappa shape index (κ2) is 12.7. The summed E-state index contributed by atoms with van der Waals surface area (Å²) in [6.45, 7) is 1.69. The van der Waals surface area contributed by atoms with Gasteiger partial charge in [0, 0.05) is 6.42 Å². The van der Waals surface area contributed by atoms with E-state index in [2.05, 4.69) is 22.3 Å². The first-order chi connectivity index (χ1) is 14.5. The fourth-order valence-corrected chi connectivity index (χ4v) is 3.47. The van der Waals surface area contributed by atoms with E-state index in [1.807, 2.05) is 0 Å². The van der Waals surface area contributed by atoms with Crippen molar-refractivity contribution < 1.29 is 24.9 Å². The van der Waals surface area contributed by atoms with Crippen LogP contribution in [-0.4, -0.2) is 60.9 Å². The molecule has 10 heteroatoms. The molecule has 1 aliphatic heterocycles. The van der Waals surface area contributed by atoms with Gasteiger partial charge in [-0.15, -0.1) is 0 Å². The smallest absolute Gasteiger partial charge is 0.368 e. The zero-order valence-electron chi connectivity index (χ0n) is 17.6. The van der Waals surface area contributed by atoms with E-state index >= 15 is 0 Å². The van der Waals surface area contributed by atoms with Crippen LogP contribution in [0.3, 0.4) is 0 Å². The topological polar surface area (TPSA) is 147 Å². The van der Waals surface area contributed by atoms with E-state index in [1.165, 1.54) is 44.7 Å². The summed E-state index contributed by atoms with van der Waals surface area (Å²) >= 11 is 0. The van der Waals surface area contributed by atoms with Crippen molar-refractivity contribution in [3.8, 4) is 0 Å². The molecule has 4 N–H and O–H groups in total. The van der Waals surface area contributed by atoms with Gasteiger partial charge in [0.05, 0.1) is 12.8 Å². The number of aliphatic hydroxyl groups is 3. The number of aliphatic hydroxyl groups excluding tert-OH is 3. The number of nitrogens with one attached hydrogen (secondary N) is 1. The monoisotopic (exact) mass is 426 g/mol. The van der Waals surface area contributed by atoms with Crippen molar-refractivity contribution in [1.82, 2.24) is 14.8 Å². The summed E-state index contributed by atoms with van der Waals surface area (Å²) in [5.41, 5.74) is -0.842. The summed E-state index contributed by atoms with van der Waals surface area (Å²) in [7, 11) is 0. The van der Waals surface area contributed by atoms with Crippen LogP contribution < -0.4 is 11.0 Å². The van der Waals surface area contributed by atoms with Gasteiger partial charge in [-0.2, -0.15) is 14.8 Å². The van der Waals surface area contributed by atoms with Gasteiger partial charge in [-0.05, 0) is 6.42 Å². The highest BCUT2D eigenvalue weighted by atomic mass is 16.6. The molecule has 30 heavy (non-hydrogen) atoms. The molecule has 1 fully saturated rings. The van der Waals surface area contributed by atoms with E-state index in [1.54, 1.807) is 0 Å². The standard InChI is InChI=1S/C20H34N4O6/c1-2-3-4-5-6-7-8-9-10-11-16(26)22-15-12-21-24(20(29)23-15)19-18(28)17(27)14(13-25)30-19/h12,14,17-19,25,27-28H,2-11,13H2,1H3,(H,22,23,26,29)/t14-,17?,18?,19-/m1/s1. The van der Waals surface area contributed by atoms with Crippen LogP contribution in [0.15, 0.2) is 11.0 Å². The number of rotatable bonds is 13. The molecule has 2 rings (SSSR count). The Morgan fingerprint density at radius 3 is 2.30 bits per heavy atom. The zero-order valence-corrected chi connectivity index (χ0v) is 17.6. The molecule has 0 saturated carbocycles. The second-order valence-corrected chi connectivity index (χ2v) is 7.72. The number of carbonyl (C=O) groups excluding carboxylic acids is 1. The van der Waals surface area contributed by atoms with Crippen LogP contribution in [0.4, 0.5) is 5.82 Å². The predicted molar refractivity (Wildman–Crippen MR) is 110 cm³/mol. The number of anilines is 1. The maximum absolute atomic E-state index is 12.2. The Morgan fingerprint density at radius 1 is 1.10 bits per heavy atom. The lowest BCUT2D eigenvalue weighted by Gasteiger charge is -2.15. The number of carbonyl (C=O) groups is 1. The average Bonchev–Trinajstić information content (AvgIpc) is 3.01. The summed E-state index contributed by atoms with van der Waals surface area (Å²) in [4.78, 5) is 28.0. The second-order valence-electron chi connectivity index (χ2n) is 7.72. The Balaban J connectivity index is 1.73. The maximum atomic E-state index is 12.2. The number of unbranched alkanes of at least 4 members (excludes halogenated alkanes) is 8. The van der Waals surface area contributed by atoms with E-state index < -0.39 is 36.8 Å². The largest absolute Gasteiger partial charge is 0.394 e. The van der Waals surface area contributed by atoms with Crippen LogP contribution in [0, 0.1) is 0 Å². The Bertz CT molecular complexity index is 713. The molecule has 0 aromatic carbocycles.